The fourth-order valence-corrected chi connectivity index (χ4v) is 4.13. The molecule has 4 heteroatoms. The quantitative estimate of drug-likeness (QED) is 0.561. The summed E-state index contributed by atoms with van der Waals surface area (Å²) in [6, 6.07) is 0. The summed E-state index contributed by atoms with van der Waals surface area (Å²) >= 11 is 0. The van der Waals surface area contributed by atoms with Crippen LogP contribution in [0.3, 0.4) is 0 Å². The molecule has 4 nitrogen and oxygen atoms in total. The van der Waals surface area contributed by atoms with E-state index in [1.165, 1.54) is 31.4 Å². The van der Waals surface area contributed by atoms with Crippen molar-refractivity contribution in [1.82, 2.24) is 9.80 Å². The molecular formula is C22H40N2O2. The highest BCUT2D eigenvalue weighted by Gasteiger charge is 2.29. The van der Waals surface area contributed by atoms with Gasteiger partial charge in [-0.25, -0.2) is 0 Å². The third-order valence-corrected chi connectivity index (χ3v) is 5.84. The van der Waals surface area contributed by atoms with Gasteiger partial charge in [0, 0.05) is 44.4 Å². The lowest BCUT2D eigenvalue weighted by Gasteiger charge is -2.40. The summed E-state index contributed by atoms with van der Waals surface area (Å²) in [6.07, 6.45) is 13.0. The monoisotopic (exact) mass is 364 g/mol. The highest BCUT2D eigenvalue weighted by molar-refractivity contribution is 5.79. The van der Waals surface area contributed by atoms with Gasteiger partial charge in [-0.3, -0.25) is 4.79 Å². The van der Waals surface area contributed by atoms with E-state index in [9.17, 15) is 4.79 Å². The summed E-state index contributed by atoms with van der Waals surface area (Å²) < 4.78 is 6.07. The molecule has 0 N–H and O–H groups in total. The molecule has 1 aliphatic carbocycles. The second-order valence-corrected chi connectivity index (χ2v) is 7.93. The molecule has 2 rings (SSSR count). The Balaban J connectivity index is 1.88. The van der Waals surface area contributed by atoms with Crippen LogP contribution in [-0.4, -0.2) is 54.6 Å². The number of piperazine rings is 1. The lowest BCUT2D eigenvalue weighted by molar-refractivity contribution is -0.138. The van der Waals surface area contributed by atoms with Gasteiger partial charge in [-0.2, -0.15) is 0 Å². The summed E-state index contributed by atoms with van der Waals surface area (Å²) in [5, 5.41) is 0. The lowest BCUT2D eigenvalue weighted by atomic mass is 9.88. The second-order valence-electron chi connectivity index (χ2n) is 7.93. The van der Waals surface area contributed by atoms with Gasteiger partial charge >= 0.3 is 0 Å². The third-order valence-electron chi connectivity index (χ3n) is 5.84. The summed E-state index contributed by atoms with van der Waals surface area (Å²) in [5.41, 5.74) is 1.33. The van der Waals surface area contributed by atoms with Crippen molar-refractivity contribution in [2.75, 3.05) is 32.8 Å². The van der Waals surface area contributed by atoms with Gasteiger partial charge in [-0.05, 0) is 32.6 Å². The van der Waals surface area contributed by atoms with Crippen molar-refractivity contribution in [1.29, 1.82) is 0 Å². The number of allylic oxidation sites excluding steroid dienone is 1. The molecule has 1 unspecified atom stereocenters. The first-order valence-electron chi connectivity index (χ1n) is 11.0. The van der Waals surface area contributed by atoms with E-state index >= 15 is 0 Å². The molecule has 0 aromatic carbocycles. The van der Waals surface area contributed by atoms with Gasteiger partial charge in [0.05, 0.1) is 6.10 Å². The highest BCUT2D eigenvalue weighted by Crippen LogP contribution is 2.26. The van der Waals surface area contributed by atoms with Crippen molar-refractivity contribution in [2.24, 2.45) is 5.92 Å². The Morgan fingerprint density at radius 3 is 2.31 bits per heavy atom. The molecule has 1 aliphatic heterocycles. The zero-order valence-electron chi connectivity index (χ0n) is 17.3. The van der Waals surface area contributed by atoms with E-state index < -0.39 is 0 Å². The molecule has 0 radical (unpaired) electrons. The molecule has 1 saturated heterocycles. The molecule has 1 saturated carbocycles. The number of amides is 1. The topological polar surface area (TPSA) is 32.8 Å². The summed E-state index contributed by atoms with van der Waals surface area (Å²) in [7, 11) is 0. The van der Waals surface area contributed by atoms with E-state index in [0.29, 0.717) is 11.8 Å². The van der Waals surface area contributed by atoms with Crippen LogP contribution in [0, 0.1) is 5.92 Å². The predicted molar refractivity (Wildman–Crippen MR) is 108 cm³/mol. The second kappa shape index (κ2) is 11.6. The minimum absolute atomic E-state index is 0.147. The zero-order chi connectivity index (χ0) is 18.8. The Bertz CT molecular complexity index is 435. The minimum atomic E-state index is 0.147. The molecule has 150 valence electrons. The number of carbonyl (C=O) groups is 1. The first kappa shape index (κ1) is 21.3. The number of ether oxygens (including phenoxy) is 1. The van der Waals surface area contributed by atoms with Gasteiger partial charge in [0.15, 0.2) is 0 Å². The van der Waals surface area contributed by atoms with Crippen molar-refractivity contribution >= 4 is 5.91 Å². The van der Waals surface area contributed by atoms with Crippen molar-refractivity contribution in [3.63, 3.8) is 0 Å². The number of carbonyl (C=O) groups excluding carboxylic acids is 1. The van der Waals surface area contributed by atoms with Crippen molar-refractivity contribution in [2.45, 2.75) is 84.7 Å². The third kappa shape index (κ3) is 6.29. The molecule has 1 amide bonds. The van der Waals surface area contributed by atoms with Crippen LogP contribution in [0.25, 0.3) is 0 Å². The van der Waals surface area contributed by atoms with Crippen LogP contribution in [0.5, 0.6) is 0 Å². The molecule has 1 heterocycles. The summed E-state index contributed by atoms with van der Waals surface area (Å²) in [4.78, 5) is 17.4. The van der Waals surface area contributed by atoms with E-state index in [2.05, 4.69) is 36.6 Å². The molecule has 2 aliphatic rings. The van der Waals surface area contributed by atoms with Gasteiger partial charge < -0.3 is 14.5 Å². The molecule has 1 atom stereocenters. The van der Waals surface area contributed by atoms with Gasteiger partial charge in [0.2, 0.25) is 5.91 Å². The normalized spacial score (nSPS) is 21.1. The van der Waals surface area contributed by atoms with Gasteiger partial charge in [0.1, 0.15) is 0 Å². The van der Waals surface area contributed by atoms with Gasteiger partial charge in [-0.15, -0.1) is 0 Å². The van der Waals surface area contributed by atoms with Crippen LogP contribution in [0.1, 0.15) is 78.6 Å². The average Bonchev–Trinajstić information content (AvgIpc) is 2.69. The van der Waals surface area contributed by atoms with E-state index in [0.717, 1.165) is 64.9 Å². The molecule has 0 bridgehead atoms. The van der Waals surface area contributed by atoms with E-state index in [4.69, 9.17) is 4.74 Å². The van der Waals surface area contributed by atoms with Gasteiger partial charge in [0.25, 0.3) is 0 Å². The first-order chi connectivity index (χ1) is 12.7. The van der Waals surface area contributed by atoms with E-state index in [1.807, 2.05) is 0 Å². The predicted octanol–water partition coefficient (Wildman–Crippen LogP) is 4.60. The number of unbranched alkanes of at least 4 members (excludes halogenated alkanes) is 2. The fraction of sp³-hybridized carbons (Fsp3) is 0.864. The van der Waals surface area contributed by atoms with Crippen LogP contribution in [-0.2, 0) is 9.53 Å². The Morgan fingerprint density at radius 1 is 1.04 bits per heavy atom. The minimum Gasteiger partial charge on any atom is -0.372 e. The Hall–Kier alpha value is -1.03. The van der Waals surface area contributed by atoms with Crippen molar-refractivity contribution < 1.29 is 9.53 Å². The van der Waals surface area contributed by atoms with Crippen LogP contribution in [0.2, 0.25) is 0 Å². The zero-order valence-corrected chi connectivity index (χ0v) is 17.3. The summed E-state index contributed by atoms with van der Waals surface area (Å²) in [5.74, 6) is 0.706. The Morgan fingerprint density at radius 2 is 1.69 bits per heavy atom. The maximum Gasteiger partial charge on any atom is 0.225 e. The number of rotatable bonds is 9. The smallest absolute Gasteiger partial charge is 0.225 e. The van der Waals surface area contributed by atoms with Gasteiger partial charge in [-0.1, -0.05) is 52.0 Å². The molecule has 26 heavy (non-hydrogen) atoms. The van der Waals surface area contributed by atoms with Crippen molar-refractivity contribution in [3.8, 4) is 0 Å². The standard InChI is InChI=1S/C22H40N2O2/c1-4-6-13-21(19(3)26-18-7-5-2)23-14-16-24(17-15-23)22(25)20-11-9-8-10-12-20/h13,19-20H,4-12,14-18H2,1-3H3/b21-13-. The highest BCUT2D eigenvalue weighted by atomic mass is 16.5. The fourth-order valence-electron chi connectivity index (χ4n) is 4.13. The van der Waals surface area contributed by atoms with Crippen molar-refractivity contribution in [3.05, 3.63) is 11.8 Å². The lowest BCUT2D eigenvalue weighted by Crippen LogP contribution is -2.51. The SMILES string of the molecule is CCC/C=C(/C(C)OCCCC)N1CCN(C(=O)C2CCCCC2)CC1. The Kier molecular flexibility index (Phi) is 9.52. The maximum atomic E-state index is 12.8. The van der Waals surface area contributed by atoms with Crippen LogP contribution in [0.15, 0.2) is 11.8 Å². The van der Waals surface area contributed by atoms with E-state index in [1.54, 1.807) is 0 Å². The Labute approximate surface area is 160 Å². The largest absolute Gasteiger partial charge is 0.372 e. The molecule has 2 fully saturated rings. The summed E-state index contributed by atoms with van der Waals surface area (Å²) in [6.45, 7) is 11.0. The van der Waals surface area contributed by atoms with Crippen LogP contribution < -0.4 is 0 Å². The molecular weight excluding hydrogens is 324 g/mol. The number of hydrogen-bond acceptors (Lipinski definition) is 3. The number of nitrogens with zero attached hydrogens (tertiary/aromatic N) is 2. The molecule has 0 aromatic rings. The molecule has 0 aromatic heterocycles. The average molecular weight is 365 g/mol. The van der Waals surface area contributed by atoms with E-state index in [-0.39, 0.29) is 6.10 Å². The maximum absolute atomic E-state index is 12.8. The number of hydrogen-bond donors (Lipinski definition) is 0. The van der Waals surface area contributed by atoms with Crippen LogP contribution >= 0.6 is 0 Å². The first-order valence-corrected chi connectivity index (χ1v) is 11.0. The van der Waals surface area contributed by atoms with Crippen LogP contribution in [0.4, 0.5) is 0 Å². The molecule has 0 spiro atoms.